The summed E-state index contributed by atoms with van der Waals surface area (Å²) in [5.41, 5.74) is 0.481. The zero-order valence-corrected chi connectivity index (χ0v) is 14.3. The van der Waals surface area contributed by atoms with E-state index >= 15 is 0 Å². The van der Waals surface area contributed by atoms with Crippen molar-refractivity contribution >= 4 is 27.5 Å². The third kappa shape index (κ3) is 5.35. The van der Waals surface area contributed by atoms with E-state index in [1.807, 2.05) is 0 Å². The number of benzene rings is 1. The molecule has 0 saturated heterocycles. The van der Waals surface area contributed by atoms with Crippen LogP contribution >= 0.6 is 0 Å². The van der Waals surface area contributed by atoms with Crippen molar-refractivity contribution in [2.75, 3.05) is 11.9 Å². The van der Waals surface area contributed by atoms with Crippen LogP contribution in [-0.4, -0.2) is 26.7 Å². The molecule has 1 aliphatic rings. The molecule has 0 atom stereocenters. The number of nitrogens with zero attached hydrogens (tertiary/aromatic N) is 1. The molecule has 1 heterocycles. The van der Waals surface area contributed by atoms with Gasteiger partial charge in [-0.1, -0.05) is 19.9 Å². The third-order valence-corrected chi connectivity index (χ3v) is 4.88. The number of carbonyl (C=O) groups is 1. The van der Waals surface area contributed by atoms with Crippen LogP contribution in [0.1, 0.15) is 39.5 Å². The van der Waals surface area contributed by atoms with Gasteiger partial charge in [0, 0.05) is 25.1 Å². The molecule has 6 nitrogen and oxygen atoms in total. The van der Waals surface area contributed by atoms with Crippen molar-refractivity contribution in [1.82, 2.24) is 4.72 Å². The molecule has 0 aromatic heterocycles. The Morgan fingerprint density at radius 2 is 2.13 bits per heavy atom. The molecule has 2 N–H and O–H groups in total. The lowest BCUT2D eigenvalue weighted by molar-refractivity contribution is -0.116. The topological polar surface area (TPSA) is 87.6 Å². The van der Waals surface area contributed by atoms with Crippen molar-refractivity contribution in [3.63, 3.8) is 0 Å². The van der Waals surface area contributed by atoms with Crippen molar-refractivity contribution in [3.8, 4) is 0 Å². The van der Waals surface area contributed by atoms with Gasteiger partial charge in [0.1, 0.15) is 5.84 Å². The van der Waals surface area contributed by atoms with Crippen molar-refractivity contribution in [2.45, 2.75) is 44.4 Å². The second-order valence-electron chi connectivity index (χ2n) is 6.05. The van der Waals surface area contributed by atoms with Gasteiger partial charge in [0.05, 0.1) is 4.90 Å². The normalized spacial score (nSPS) is 14.7. The van der Waals surface area contributed by atoms with E-state index < -0.39 is 10.0 Å². The second kappa shape index (κ2) is 7.59. The summed E-state index contributed by atoms with van der Waals surface area (Å²) in [5.74, 6) is 0.835. The summed E-state index contributed by atoms with van der Waals surface area (Å²) in [6.07, 6.45) is 2.73. The number of hydrogen-bond acceptors (Lipinski definition) is 4. The summed E-state index contributed by atoms with van der Waals surface area (Å²) in [7, 11) is -3.66. The van der Waals surface area contributed by atoms with Crippen LogP contribution < -0.4 is 10.0 Å². The van der Waals surface area contributed by atoms with Crippen molar-refractivity contribution in [2.24, 2.45) is 10.9 Å². The highest BCUT2D eigenvalue weighted by atomic mass is 32.2. The Morgan fingerprint density at radius 3 is 2.78 bits per heavy atom. The maximum absolute atomic E-state index is 12.3. The highest BCUT2D eigenvalue weighted by molar-refractivity contribution is 7.90. The fourth-order valence-corrected chi connectivity index (χ4v) is 3.36. The number of aliphatic imine (C=N–C) groups is 1. The van der Waals surface area contributed by atoms with Gasteiger partial charge >= 0.3 is 0 Å². The van der Waals surface area contributed by atoms with E-state index in [-0.39, 0.29) is 10.8 Å². The molecule has 0 radical (unpaired) electrons. The molecular weight excluding hydrogens is 314 g/mol. The van der Waals surface area contributed by atoms with Gasteiger partial charge in [-0.25, -0.2) is 8.42 Å². The standard InChI is InChI=1S/C16H23N3O3S/c1-12(2)8-9-16(20)18-13-5-3-6-14(11-13)23(21,22)19-15-7-4-10-17-15/h3,5-6,11-12H,4,7-10H2,1-2H3,(H,17,19)(H,18,20). The van der Waals surface area contributed by atoms with E-state index in [2.05, 4.69) is 28.9 Å². The SMILES string of the molecule is CC(C)CCC(=O)Nc1cccc(S(=O)(=O)NC2=NCCC2)c1. The first kappa shape index (κ1) is 17.5. The van der Waals surface area contributed by atoms with Crippen LogP contribution in [-0.2, 0) is 14.8 Å². The van der Waals surface area contributed by atoms with Gasteiger partial charge in [0.25, 0.3) is 10.0 Å². The fraction of sp³-hybridized carbons (Fsp3) is 0.500. The van der Waals surface area contributed by atoms with Crippen LogP contribution in [0.25, 0.3) is 0 Å². The Morgan fingerprint density at radius 1 is 1.35 bits per heavy atom. The van der Waals surface area contributed by atoms with E-state index in [1.54, 1.807) is 12.1 Å². The lowest BCUT2D eigenvalue weighted by Crippen LogP contribution is -2.29. The van der Waals surface area contributed by atoms with Crippen LogP contribution in [0.4, 0.5) is 5.69 Å². The molecular formula is C16H23N3O3S. The first-order chi connectivity index (χ1) is 10.9. The number of sulfonamides is 1. The Kier molecular flexibility index (Phi) is 5.76. The van der Waals surface area contributed by atoms with Gasteiger partial charge in [-0.2, -0.15) is 0 Å². The van der Waals surface area contributed by atoms with Crippen molar-refractivity contribution < 1.29 is 13.2 Å². The molecule has 2 rings (SSSR count). The highest BCUT2D eigenvalue weighted by Gasteiger charge is 2.18. The van der Waals surface area contributed by atoms with Gasteiger partial charge in [-0.05, 0) is 37.0 Å². The quantitative estimate of drug-likeness (QED) is 0.836. The van der Waals surface area contributed by atoms with Gasteiger partial charge in [-0.3, -0.25) is 14.5 Å². The predicted octanol–water partition coefficient (Wildman–Crippen LogP) is 2.53. The molecule has 0 aliphatic carbocycles. The summed E-state index contributed by atoms with van der Waals surface area (Å²) in [6.45, 7) is 4.76. The van der Waals surface area contributed by atoms with Crippen LogP contribution in [0.15, 0.2) is 34.2 Å². The molecule has 0 bridgehead atoms. The number of nitrogens with one attached hydrogen (secondary N) is 2. The molecule has 0 saturated carbocycles. The minimum absolute atomic E-state index is 0.110. The Labute approximate surface area is 137 Å². The lowest BCUT2D eigenvalue weighted by Gasteiger charge is -2.10. The van der Waals surface area contributed by atoms with Crippen LogP contribution in [0.2, 0.25) is 0 Å². The number of carbonyl (C=O) groups excluding carboxylic acids is 1. The predicted molar refractivity (Wildman–Crippen MR) is 91.0 cm³/mol. The minimum atomic E-state index is -3.66. The van der Waals surface area contributed by atoms with Gasteiger partial charge in [0.2, 0.25) is 5.91 Å². The van der Waals surface area contributed by atoms with Crippen molar-refractivity contribution in [1.29, 1.82) is 0 Å². The smallest absolute Gasteiger partial charge is 0.262 e. The average Bonchev–Trinajstić information content (AvgIpc) is 2.97. The van der Waals surface area contributed by atoms with Gasteiger partial charge in [0.15, 0.2) is 0 Å². The molecule has 1 aliphatic heterocycles. The first-order valence-electron chi connectivity index (χ1n) is 7.83. The molecule has 23 heavy (non-hydrogen) atoms. The molecule has 0 fully saturated rings. The first-order valence-corrected chi connectivity index (χ1v) is 9.31. The van der Waals surface area contributed by atoms with Crippen LogP contribution in [0.5, 0.6) is 0 Å². The number of rotatable bonds is 6. The molecule has 1 aromatic carbocycles. The Bertz CT molecular complexity index is 696. The van der Waals surface area contributed by atoms with E-state index in [0.29, 0.717) is 36.8 Å². The average molecular weight is 337 g/mol. The summed E-state index contributed by atoms with van der Waals surface area (Å²) in [4.78, 5) is 16.1. The summed E-state index contributed by atoms with van der Waals surface area (Å²) < 4.78 is 27.2. The maximum atomic E-state index is 12.3. The molecule has 0 spiro atoms. The highest BCUT2D eigenvalue weighted by Crippen LogP contribution is 2.17. The molecule has 1 amide bonds. The lowest BCUT2D eigenvalue weighted by atomic mass is 10.1. The van der Waals surface area contributed by atoms with E-state index in [4.69, 9.17) is 0 Å². The zero-order valence-electron chi connectivity index (χ0n) is 13.5. The van der Waals surface area contributed by atoms with E-state index in [1.165, 1.54) is 12.1 Å². The number of amidine groups is 1. The fourth-order valence-electron chi connectivity index (χ4n) is 2.22. The molecule has 7 heteroatoms. The minimum Gasteiger partial charge on any atom is -0.326 e. The van der Waals surface area contributed by atoms with Crippen LogP contribution in [0, 0.1) is 5.92 Å². The summed E-state index contributed by atoms with van der Waals surface area (Å²) in [5, 5.41) is 2.74. The summed E-state index contributed by atoms with van der Waals surface area (Å²) >= 11 is 0. The largest absolute Gasteiger partial charge is 0.326 e. The van der Waals surface area contributed by atoms with Crippen LogP contribution in [0.3, 0.4) is 0 Å². The third-order valence-electron chi connectivity index (χ3n) is 3.50. The van der Waals surface area contributed by atoms with Gasteiger partial charge in [-0.15, -0.1) is 0 Å². The summed E-state index contributed by atoms with van der Waals surface area (Å²) in [6, 6.07) is 6.26. The Balaban J connectivity index is 2.05. The number of hydrogen-bond donors (Lipinski definition) is 2. The Hall–Kier alpha value is -1.89. The van der Waals surface area contributed by atoms with Crippen molar-refractivity contribution in [3.05, 3.63) is 24.3 Å². The zero-order chi connectivity index (χ0) is 16.9. The second-order valence-corrected chi connectivity index (χ2v) is 7.73. The van der Waals surface area contributed by atoms with E-state index in [9.17, 15) is 13.2 Å². The number of amides is 1. The molecule has 1 aromatic rings. The van der Waals surface area contributed by atoms with E-state index in [0.717, 1.165) is 12.8 Å². The van der Waals surface area contributed by atoms with Gasteiger partial charge < -0.3 is 5.32 Å². The monoisotopic (exact) mass is 337 g/mol. The maximum Gasteiger partial charge on any atom is 0.262 e. The molecule has 126 valence electrons. The molecule has 0 unspecified atom stereocenters. The number of anilines is 1.